The summed E-state index contributed by atoms with van der Waals surface area (Å²) >= 11 is 0. The Kier molecular flexibility index (Phi) is 3.20. The van der Waals surface area contributed by atoms with E-state index in [1.165, 1.54) is 0 Å². The van der Waals surface area contributed by atoms with Gasteiger partial charge in [-0.1, -0.05) is 0 Å². The molecule has 0 aliphatic rings. The Morgan fingerprint density at radius 3 is 2.15 bits per heavy atom. The highest BCUT2D eigenvalue weighted by molar-refractivity contribution is 5.78. The molecule has 0 fully saturated rings. The van der Waals surface area contributed by atoms with Gasteiger partial charge in [-0.25, -0.2) is 4.98 Å². The molecule has 0 amide bonds. The molecule has 1 N–H and O–H groups in total. The van der Waals surface area contributed by atoms with Crippen molar-refractivity contribution in [2.75, 3.05) is 0 Å². The maximum Gasteiger partial charge on any atom is 0.449 e. The maximum absolute atomic E-state index is 12.7. The van der Waals surface area contributed by atoms with Crippen molar-refractivity contribution in [3.05, 3.63) is 29.1 Å². The summed E-state index contributed by atoms with van der Waals surface area (Å²) in [4.78, 5) is 3.25. The Morgan fingerprint density at radius 1 is 1.10 bits per heavy atom. The quantitative estimate of drug-likeness (QED) is 0.820. The number of hydrogen-bond acceptors (Lipinski definition) is 2. The van der Waals surface area contributed by atoms with Crippen LogP contribution in [0.15, 0.2) is 12.1 Å². The SMILES string of the molecule is Cc1cc2nc(C(F)(F)F)n(CO)c2cc1C(F)(F)F. The fourth-order valence-electron chi connectivity index (χ4n) is 1.94. The number of hydrogen-bond donors (Lipinski definition) is 1. The fraction of sp³-hybridized carbons (Fsp3) is 0.364. The van der Waals surface area contributed by atoms with Crippen LogP contribution in [0.1, 0.15) is 17.0 Å². The van der Waals surface area contributed by atoms with Gasteiger partial charge < -0.3 is 5.11 Å². The van der Waals surface area contributed by atoms with Crippen LogP contribution in [-0.2, 0) is 19.1 Å². The molecular formula is C11H8F6N2O. The van der Waals surface area contributed by atoms with Gasteiger partial charge in [-0.15, -0.1) is 0 Å². The maximum atomic E-state index is 12.7. The topological polar surface area (TPSA) is 38.0 Å². The first-order chi connectivity index (χ1) is 9.05. The van der Waals surface area contributed by atoms with Gasteiger partial charge in [-0.3, -0.25) is 4.57 Å². The van der Waals surface area contributed by atoms with Gasteiger partial charge in [0.1, 0.15) is 6.73 Å². The smallest absolute Gasteiger partial charge is 0.376 e. The van der Waals surface area contributed by atoms with E-state index in [4.69, 9.17) is 5.11 Å². The third-order valence-electron chi connectivity index (χ3n) is 2.79. The zero-order valence-electron chi connectivity index (χ0n) is 9.97. The van der Waals surface area contributed by atoms with E-state index >= 15 is 0 Å². The summed E-state index contributed by atoms with van der Waals surface area (Å²) in [6, 6.07) is 1.47. The Morgan fingerprint density at radius 2 is 1.70 bits per heavy atom. The number of aliphatic hydroxyl groups is 1. The summed E-state index contributed by atoms with van der Waals surface area (Å²) in [5.74, 6) is -1.44. The van der Waals surface area contributed by atoms with E-state index in [2.05, 4.69) is 4.98 Å². The largest absolute Gasteiger partial charge is 0.449 e. The average Bonchev–Trinajstić information content (AvgIpc) is 2.63. The first-order valence-corrected chi connectivity index (χ1v) is 5.32. The van der Waals surface area contributed by atoms with Gasteiger partial charge >= 0.3 is 12.4 Å². The molecule has 2 rings (SSSR count). The Bertz CT molecular complexity index is 655. The van der Waals surface area contributed by atoms with Crippen LogP contribution in [0, 0.1) is 6.92 Å². The first-order valence-electron chi connectivity index (χ1n) is 5.32. The van der Waals surface area contributed by atoms with Gasteiger partial charge in [-0.2, -0.15) is 26.3 Å². The molecule has 9 heteroatoms. The molecule has 3 nitrogen and oxygen atoms in total. The van der Waals surface area contributed by atoms with Gasteiger partial charge in [0.15, 0.2) is 0 Å². The number of fused-ring (bicyclic) bond motifs is 1. The monoisotopic (exact) mass is 298 g/mol. The van der Waals surface area contributed by atoms with E-state index in [-0.39, 0.29) is 11.1 Å². The Labute approximate surface area is 108 Å². The highest BCUT2D eigenvalue weighted by atomic mass is 19.4. The number of benzene rings is 1. The second-order valence-electron chi connectivity index (χ2n) is 4.16. The van der Waals surface area contributed by atoms with E-state index in [9.17, 15) is 26.3 Å². The lowest BCUT2D eigenvalue weighted by Gasteiger charge is -2.11. The number of rotatable bonds is 1. The van der Waals surface area contributed by atoms with Gasteiger partial charge in [0.2, 0.25) is 5.82 Å². The molecule has 0 saturated heterocycles. The highest BCUT2D eigenvalue weighted by Crippen LogP contribution is 2.36. The molecule has 0 aliphatic heterocycles. The molecule has 0 spiro atoms. The number of aliphatic hydroxyl groups excluding tert-OH is 1. The second-order valence-corrected chi connectivity index (χ2v) is 4.16. The molecule has 0 saturated carbocycles. The third-order valence-corrected chi connectivity index (χ3v) is 2.79. The van der Waals surface area contributed by atoms with E-state index in [0.717, 1.165) is 13.0 Å². The molecule has 0 atom stereocenters. The molecular weight excluding hydrogens is 290 g/mol. The lowest BCUT2D eigenvalue weighted by atomic mass is 10.1. The number of halogens is 6. The van der Waals surface area contributed by atoms with Gasteiger partial charge in [0, 0.05) is 0 Å². The van der Waals surface area contributed by atoms with Crippen molar-refractivity contribution in [2.24, 2.45) is 0 Å². The van der Waals surface area contributed by atoms with Crippen LogP contribution in [0.3, 0.4) is 0 Å². The lowest BCUT2D eigenvalue weighted by Crippen LogP contribution is -2.15. The van der Waals surface area contributed by atoms with Crippen molar-refractivity contribution in [3.8, 4) is 0 Å². The molecule has 0 aliphatic carbocycles. The normalized spacial score (nSPS) is 13.2. The zero-order chi connectivity index (χ0) is 15.3. The molecule has 1 heterocycles. The Hall–Kier alpha value is -1.77. The molecule has 0 unspecified atom stereocenters. The summed E-state index contributed by atoms with van der Waals surface area (Å²) in [6.45, 7) is 0.0131. The van der Waals surface area contributed by atoms with Crippen molar-refractivity contribution < 1.29 is 31.4 Å². The number of alkyl halides is 6. The third kappa shape index (κ3) is 2.33. The van der Waals surface area contributed by atoms with E-state index in [0.29, 0.717) is 10.6 Å². The summed E-state index contributed by atoms with van der Waals surface area (Å²) < 4.78 is 76.6. The molecule has 1 aromatic carbocycles. The summed E-state index contributed by atoms with van der Waals surface area (Å²) in [5.41, 5.74) is -1.97. The number of nitrogens with zero attached hydrogens (tertiary/aromatic N) is 2. The average molecular weight is 298 g/mol. The molecule has 20 heavy (non-hydrogen) atoms. The van der Waals surface area contributed by atoms with Crippen LogP contribution < -0.4 is 0 Å². The van der Waals surface area contributed by atoms with Crippen molar-refractivity contribution in [1.82, 2.24) is 9.55 Å². The highest BCUT2D eigenvalue weighted by Gasteiger charge is 2.39. The Balaban J connectivity index is 2.81. The number of aromatic nitrogens is 2. The predicted octanol–water partition coefficient (Wildman–Crippen LogP) is 3.33. The van der Waals surface area contributed by atoms with Crippen molar-refractivity contribution in [3.63, 3.8) is 0 Å². The molecule has 2 aromatic rings. The van der Waals surface area contributed by atoms with E-state index in [1.54, 1.807) is 0 Å². The predicted molar refractivity (Wildman–Crippen MR) is 56.7 cm³/mol. The van der Waals surface area contributed by atoms with Gasteiger partial charge in [-0.05, 0) is 24.6 Å². The minimum absolute atomic E-state index is 0.235. The van der Waals surface area contributed by atoms with E-state index < -0.39 is 36.0 Å². The van der Waals surface area contributed by atoms with Crippen molar-refractivity contribution >= 4 is 11.0 Å². The van der Waals surface area contributed by atoms with E-state index in [1.807, 2.05) is 0 Å². The zero-order valence-corrected chi connectivity index (χ0v) is 9.97. The second kappa shape index (κ2) is 4.37. The number of aryl methyl sites for hydroxylation is 1. The van der Waals surface area contributed by atoms with Crippen molar-refractivity contribution in [1.29, 1.82) is 0 Å². The number of imidazole rings is 1. The molecule has 1 aromatic heterocycles. The minimum atomic E-state index is -4.87. The van der Waals surface area contributed by atoms with Crippen LogP contribution >= 0.6 is 0 Å². The molecule has 110 valence electrons. The van der Waals surface area contributed by atoms with Crippen LogP contribution in [-0.4, -0.2) is 14.7 Å². The van der Waals surface area contributed by atoms with Crippen LogP contribution in [0.5, 0.6) is 0 Å². The van der Waals surface area contributed by atoms with Crippen LogP contribution in [0.2, 0.25) is 0 Å². The van der Waals surface area contributed by atoms with Crippen molar-refractivity contribution in [2.45, 2.75) is 26.0 Å². The molecule has 0 radical (unpaired) electrons. The lowest BCUT2D eigenvalue weighted by molar-refractivity contribution is -0.148. The fourth-order valence-corrected chi connectivity index (χ4v) is 1.94. The molecule has 0 bridgehead atoms. The summed E-state index contributed by atoms with van der Waals surface area (Å²) in [6.07, 6.45) is -9.56. The van der Waals surface area contributed by atoms with Crippen LogP contribution in [0.25, 0.3) is 11.0 Å². The van der Waals surface area contributed by atoms with Gasteiger partial charge in [0.05, 0.1) is 16.6 Å². The van der Waals surface area contributed by atoms with Crippen LogP contribution in [0.4, 0.5) is 26.3 Å². The van der Waals surface area contributed by atoms with Gasteiger partial charge in [0.25, 0.3) is 0 Å². The standard InChI is InChI=1S/C11H8F6N2O/c1-5-2-7-8(3-6(5)10(12,13)14)19(4-20)9(18-7)11(15,16)17/h2-3,20H,4H2,1H3. The summed E-state index contributed by atoms with van der Waals surface area (Å²) in [7, 11) is 0. The first kappa shape index (κ1) is 14.6. The summed E-state index contributed by atoms with van der Waals surface area (Å²) in [5, 5.41) is 8.97. The minimum Gasteiger partial charge on any atom is -0.376 e.